The van der Waals surface area contributed by atoms with Crippen molar-refractivity contribution in [2.75, 3.05) is 7.11 Å². The molecule has 0 aromatic heterocycles. The minimum absolute atomic E-state index is 0.159. The quantitative estimate of drug-likeness (QED) is 0.553. The Morgan fingerprint density at radius 2 is 1.74 bits per heavy atom. The molecule has 27 heavy (non-hydrogen) atoms. The third kappa shape index (κ3) is 2.99. The molecule has 0 radical (unpaired) electrons. The van der Waals surface area contributed by atoms with E-state index in [1.807, 2.05) is 18.2 Å². The Morgan fingerprint density at radius 1 is 0.963 bits per heavy atom. The summed E-state index contributed by atoms with van der Waals surface area (Å²) in [6.45, 7) is 3.92. The summed E-state index contributed by atoms with van der Waals surface area (Å²) < 4.78 is 44.9. The average molecular weight is 380 g/mol. The van der Waals surface area contributed by atoms with Gasteiger partial charge in [0.05, 0.1) is 7.11 Å². The number of benzene rings is 3. The van der Waals surface area contributed by atoms with Crippen molar-refractivity contribution in [2.24, 2.45) is 0 Å². The summed E-state index contributed by atoms with van der Waals surface area (Å²) in [5.41, 5.74) is 1.76. The predicted octanol–water partition coefficient (Wildman–Crippen LogP) is 2.71. The van der Waals surface area contributed by atoms with E-state index in [2.05, 4.69) is 6.58 Å². The smallest absolute Gasteiger partial charge is 0.295 e. The van der Waals surface area contributed by atoms with Gasteiger partial charge in [0.2, 0.25) is 0 Å². The highest BCUT2D eigenvalue weighted by Gasteiger charge is 2.25. The molecule has 0 saturated heterocycles. The van der Waals surface area contributed by atoms with E-state index in [0.717, 1.165) is 10.4 Å². The molecule has 0 amide bonds. The number of rotatable bonds is 3. The largest absolute Gasteiger partial charge is 0.497 e. The van der Waals surface area contributed by atoms with Crippen LogP contribution in [0.15, 0.2) is 65.6 Å². The van der Waals surface area contributed by atoms with E-state index in [-0.39, 0.29) is 4.90 Å². The zero-order valence-corrected chi connectivity index (χ0v) is 15.3. The molecule has 0 spiro atoms. The van der Waals surface area contributed by atoms with Crippen LogP contribution in [0.1, 0.15) is 11.1 Å². The molecule has 0 unspecified atom stereocenters. The Balaban J connectivity index is 2.15. The van der Waals surface area contributed by atoms with E-state index >= 15 is 0 Å². The molecule has 1 heterocycles. The van der Waals surface area contributed by atoms with E-state index in [1.165, 1.54) is 6.07 Å². The Labute approximate surface area is 156 Å². The van der Waals surface area contributed by atoms with Gasteiger partial charge >= 0.3 is 0 Å². The molecule has 3 aromatic rings. The van der Waals surface area contributed by atoms with Gasteiger partial charge in [-0.15, -0.1) is 0 Å². The first-order valence-corrected chi connectivity index (χ1v) is 9.59. The minimum atomic E-state index is -4.41. The van der Waals surface area contributed by atoms with Crippen LogP contribution in [-0.2, 0) is 10.1 Å². The number of hydrogen-bond donors (Lipinski definition) is 1. The third-order valence-electron chi connectivity index (χ3n) is 4.43. The van der Waals surface area contributed by atoms with Crippen molar-refractivity contribution in [2.45, 2.75) is 4.90 Å². The van der Waals surface area contributed by atoms with Crippen molar-refractivity contribution in [3.63, 3.8) is 0 Å². The van der Waals surface area contributed by atoms with Crippen molar-refractivity contribution in [3.05, 3.63) is 82.2 Å². The topological polar surface area (TPSA) is 72.8 Å². The molecule has 1 N–H and O–H groups in total. The first kappa shape index (κ1) is 17.3. The van der Waals surface area contributed by atoms with Gasteiger partial charge in [-0.05, 0) is 29.5 Å². The fourth-order valence-corrected chi connectivity index (χ4v) is 3.93. The molecule has 1 aliphatic heterocycles. The van der Waals surface area contributed by atoms with Gasteiger partial charge in [0, 0.05) is 28.0 Å². The lowest BCUT2D eigenvalue weighted by molar-refractivity contribution is 0.408. The first-order chi connectivity index (χ1) is 12.9. The molecule has 136 valence electrons. The van der Waals surface area contributed by atoms with Crippen molar-refractivity contribution < 1.29 is 22.4 Å². The fraction of sp³-hybridized carbons (Fsp3) is 0.0476. The number of fused-ring (bicyclic) bond motifs is 2. The molecular formula is C21H16O5S. The lowest BCUT2D eigenvalue weighted by atomic mass is 9.92. The molecule has 3 aromatic carbocycles. The Bertz CT molecular complexity index is 1280. The van der Waals surface area contributed by atoms with E-state index in [1.54, 1.807) is 43.5 Å². The zero-order valence-electron chi connectivity index (χ0n) is 14.5. The molecule has 4 rings (SSSR count). The van der Waals surface area contributed by atoms with Crippen molar-refractivity contribution in [1.82, 2.24) is 0 Å². The monoisotopic (exact) mass is 380 g/mol. The summed E-state index contributed by atoms with van der Waals surface area (Å²) in [6, 6.07) is 17.1. The van der Waals surface area contributed by atoms with Crippen LogP contribution in [0.4, 0.5) is 0 Å². The van der Waals surface area contributed by atoms with Crippen LogP contribution in [0, 0.1) is 0 Å². The van der Waals surface area contributed by atoms with Crippen LogP contribution in [0.3, 0.4) is 0 Å². The minimum Gasteiger partial charge on any atom is -0.497 e. The molecule has 1 aliphatic rings. The lowest BCUT2D eigenvalue weighted by Gasteiger charge is -2.22. The van der Waals surface area contributed by atoms with Crippen molar-refractivity contribution in [3.8, 4) is 17.2 Å². The maximum absolute atomic E-state index is 12.0. The van der Waals surface area contributed by atoms with Crippen LogP contribution < -0.4 is 19.9 Å². The number of methoxy groups -OCH3 is 1. The van der Waals surface area contributed by atoms with Gasteiger partial charge in [-0.2, -0.15) is 8.42 Å². The Hall–Kier alpha value is -3.09. The maximum Gasteiger partial charge on any atom is 0.295 e. The van der Waals surface area contributed by atoms with Gasteiger partial charge in [-0.3, -0.25) is 4.55 Å². The molecular weight excluding hydrogens is 364 g/mol. The SMILES string of the molecule is C=c1ccc2c(c1)Oc1cc(OC)ccc1C=2c1ccccc1S(=O)(=O)O. The molecule has 5 nitrogen and oxygen atoms in total. The van der Waals surface area contributed by atoms with E-state index in [4.69, 9.17) is 9.47 Å². The molecule has 0 aliphatic carbocycles. The van der Waals surface area contributed by atoms with Gasteiger partial charge in [0.25, 0.3) is 10.1 Å². The average Bonchev–Trinajstić information content (AvgIpc) is 2.64. The van der Waals surface area contributed by atoms with Crippen LogP contribution in [-0.4, -0.2) is 20.1 Å². The van der Waals surface area contributed by atoms with E-state index in [9.17, 15) is 13.0 Å². The number of hydrogen-bond acceptors (Lipinski definition) is 4. The van der Waals surface area contributed by atoms with Crippen LogP contribution >= 0.6 is 0 Å². The molecule has 0 atom stereocenters. The molecule has 0 bridgehead atoms. The van der Waals surface area contributed by atoms with Gasteiger partial charge in [0.15, 0.2) is 0 Å². The van der Waals surface area contributed by atoms with Gasteiger partial charge in [-0.25, -0.2) is 0 Å². The molecule has 0 saturated carbocycles. The van der Waals surface area contributed by atoms with Gasteiger partial charge < -0.3 is 9.47 Å². The fourth-order valence-electron chi connectivity index (χ4n) is 3.23. The third-order valence-corrected chi connectivity index (χ3v) is 5.34. The molecule has 0 fully saturated rings. The standard InChI is InChI=1S/C21H16O5S/c1-13-7-9-15-18(11-13)26-19-12-14(25-2)8-10-16(19)21(15)17-5-3-4-6-20(17)27(22,23)24/h3-12H,1H2,2H3,(H,22,23,24). The predicted molar refractivity (Wildman–Crippen MR) is 102 cm³/mol. The van der Waals surface area contributed by atoms with Gasteiger partial charge in [0.1, 0.15) is 22.1 Å². The maximum atomic E-state index is 12.0. The number of ether oxygens (including phenoxy) is 2. The summed E-state index contributed by atoms with van der Waals surface area (Å²) in [4.78, 5) is -0.159. The van der Waals surface area contributed by atoms with E-state index in [0.29, 0.717) is 33.9 Å². The summed E-state index contributed by atoms with van der Waals surface area (Å²) in [5, 5.41) is 1.48. The Kier molecular flexibility index (Phi) is 4.02. The van der Waals surface area contributed by atoms with Crippen LogP contribution in [0.5, 0.6) is 17.2 Å². The summed E-state index contributed by atoms with van der Waals surface area (Å²) in [7, 11) is -2.85. The highest BCUT2D eigenvalue weighted by Crippen LogP contribution is 2.39. The second kappa shape index (κ2) is 6.26. The van der Waals surface area contributed by atoms with Gasteiger partial charge in [-0.1, -0.05) is 36.9 Å². The summed E-state index contributed by atoms with van der Waals surface area (Å²) in [5.74, 6) is 1.71. The first-order valence-electron chi connectivity index (χ1n) is 8.15. The zero-order chi connectivity index (χ0) is 19.2. The van der Waals surface area contributed by atoms with Crippen molar-refractivity contribution in [1.29, 1.82) is 0 Å². The molecule has 6 heteroatoms. The second-order valence-corrected chi connectivity index (χ2v) is 7.53. The van der Waals surface area contributed by atoms with Crippen LogP contribution in [0.2, 0.25) is 0 Å². The van der Waals surface area contributed by atoms with Crippen molar-refractivity contribution >= 4 is 22.3 Å². The lowest BCUT2D eigenvalue weighted by Crippen LogP contribution is -2.20. The summed E-state index contributed by atoms with van der Waals surface area (Å²) >= 11 is 0. The Morgan fingerprint density at radius 3 is 2.48 bits per heavy atom. The summed E-state index contributed by atoms with van der Waals surface area (Å²) in [6.07, 6.45) is 0. The second-order valence-electron chi connectivity index (χ2n) is 6.14. The highest BCUT2D eigenvalue weighted by atomic mass is 32.2. The van der Waals surface area contributed by atoms with E-state index < -0.39 is 10.1 Å². The normalized spacial score (nSPS) is 12.7. The highest BCUT2D eigenvalue weighted by molar-refractivity contribution is 7.86. The van der Waals surface area contributed by atoms with Crippen LogP contribution in [0.25, 0.3) is 12.2 Å².